The molecule has 1 aromatic heterocycles. The second-order valence-electron chi connectivity index (χ2n) is 9.56. The molecule has 3 amide bonds. The standard InChI is InChI=1S/C26H30F2N4O6/c1-11(2)23(26(37)38)32(5)19(34)8-14(33)10-29-25(36)20-12(3)18(30-13(20)4)9-15-21-17(31-24(15)35)7-6-16(27)22(21)28/h6-7,9,11,14,23,30,33H,8,10H2,1-5H3,(H,29,36)(H,31,35)(H,37,38)/b15-9-. The summed E-state index contributed by atoms with van der Waals surface area (Å²) in [5.74, 6) is -5.55. The van der Waals surface area contributed by atoms with Crippen LogP contribution in [-0.2, 0) is 14.4 Å². The van der Waals surface area contributed by atoms with Gasteiger partial charge in [0.15, 0.2) is 11.6 Å². The van der Waals surface area contributed by atoms with E-state index in [1.807, 2.05) is 0 Å². The van der Waals surface area contributed by atoms with E-state index in [0.29, 0.717) is 17.0 Å². The first kappa shape index (κ1) is 28.5. The second-order valence-corrected chi connectivity index (χ2v) is 9.56. The highest BCUT2D eigenvalue weighted by Crippen LogP contribution is 2.36. The van der Waals surface area contributed by atoms with Gasteiger partial charge in [-0.25, -0.2) is 13.6 Å². The first-order valence-corrected chi connectivity index (χ1v) is 11.9. The van der Waals surface area contributed by atoms with Crippen molar-refractivity contribution in [3.05, 3.63) is 51.8 Å². The van der Waals surface area contributed by atoms with E-state index in [2.05, 4.69) is 15.6 Å². The first-order chi connectivity index (χ1) is 17.7. The summed E-state index contributed by atoms with van der Waals surface area (Å²) < 4.78 is 28.2. The summed E-state index contributed by atoms with van der Waals surface area (Å²) in [5, 5.41) is 24.7. The van der Waals surface area contributed by atoms with Crippen molar-refractivity contribution in [1.82, 2.24) is 15.2 Å². The van der Waals surface area contributed by atoms with Crippen LogP contribution in [0.15, 0.2) is 12.1 Å². The molecule has 0 radical (unpaired) electrons. The number of carbonyl (C=O) groups is 4. The Labute approximate surface area is 217 Å². The number of carboxylic acids is 1. The predicted octanol–water partition coefficient (Wildman–Crippen LogP) is 2.45. The van der Waals surface area contributed by atoms with Crippen molar-refractivity contribution >= 4 is 41.0 Å². The smallest absolute Gasteiger partial charge is 0.326 e. The third-order valence-electron chi connectivity index (χ3n) is 6.45. The van der Waals surface area contributed by atoms with Crippen LogP contribution in [0.5, 0.6) is 0 Å². The number of hydrogen-bond acceptors (Lipinski definition) is 5. The maximum absolute atomic E-state index is 14.4. The lowest BCUT2D eigenvalue weighted by Gasteiger charge is -2.28. The summed E-state index contributed by atoms with van der Waals surface area (Å²) in [6.07, 6.45) is -0.334. The molecule has 5 N–H and O–H groups in total. The molecule has 38 heavy (non-hydrogen) atoms. The lowest BCUT2D eigenvalue weighted by Crippen LogP contribution is -2.47. The molecule has 0 aliphatic carbocycles. The van der Waals surface area contributed by atoms with E-state index in [4.69, 9.17) is 0 Å². The number of aliphatic carboxylic acids is 1. The number of carboxylic acid groups (broad SMARTS) is 1. The number of aryl methyl sites for hydroxylation is 1. The van der Waals surface area contributed by atoms with Crippen molar-refractivity contribution in [2.75, 3.05) is 18.9 Å². The number of benzene rings is 1. The Hall–Kier alpha value is -4.06. The van der Waals surface area contributed by atoms with Gasteiger partial charge in [-0.1, -0.05) is 13.8 Å². The third-order valence-corrected chi connectivity index (χ3v) is 6.45. The Morgan fingerprint density at radius 2 is 1.84 bits per heavy atom. The lowest BCUT2D eigenvalue weighted by molar-refractivity contribution is -0.151. The number of aromatic nitrogens is 1. The highest BCUT2D eigenvalue weighted by atomic mass is 19.2. The van der Waals surface area contributed by atoms with Gasteiger partial charge in [-0.15, -0.1) is 0 Å². The van der Waals surface area contributed by atoms with Crippen LogP contribution in [0.4, 0.5) is 14.5 Å². The average molecular weight is 533 g/mol. The molecule has 0 fully saturated rings. The summed E-state index contributed by atoms with van der Waals surface area (Å²) in [7, 11) is 1.35. The summed E-state index contributed by atoms with van der Waals surface area (Å²) >= 11 is 0. The number of amides is 3. The van der Waals surface area contributed by atoms with Gasteiger partial charge in [0.25, 0.3) is 11.8 Å². The van der Waals surface area contributed by atoms with E-state index in [9.17, 15) is 38.2 Å². The SMILES string of the molecule is Cc1[nH]c(/C=C2\C(=O)Nc3ccc(F)c(F)c32)c(C)c1C(=O)NCC(O)CC(=O)N(C)C(C(=O)O)C(C)C. The van der Waals surface area contributed by atoms with E-state index >= 15 is 0 Å². The number of rotatable bonds is 9. The fraction of sp³-hybridized carbons (Fsp3) is 0.385. The molecule has 1 aliphatic rings. The van der Waals surface area contributed by atoms with E-state index < -0.39 is 53.9 Å². The van der Waals surface area contributed by atoms with Gasteiger partial charge in [-0.3, -0.25) is 14.4 Å². The number of carbonyl (C=O) groups excluding carboxylic acids is 3. The molecule has 2 atom stereocenters. The molecule has 0 bridgehead atoms. The summed E-state index contributed by atoms with van der Waals surface area (Å²) in [4.78, 5) is 53.2. The zero-order valence-corrected chi connectivity index (χ0v) is 21.6. The van der Waals surface area contributed by atoms with Crippen LogP contribution in [0.2, 0.25) is 0 Å². The number of aliphatic hydroxyl groups is 1. The van der Waals surface area contributed by atoms with E-state index in [-0.39, 0.29) is 34.9 Å². The van der Waals surface area contributed by atoms with Crippen molar-refractivity contribution in [3.63, 3.8) is 0 Å². The highest BCUT2D eigenvalue weighted by molar-refractivity contribution is 6.35. The minimum absolute atomic E-state index is 0.104. The number of halogens is 2. The van der Waals surface area contributed by atoms with Gasteiger partial charge in [-0.05, 0) is 43.5 Å². The van der Waals surface area contributed by atoms with E-state index in [1.54, 1.807) is 27.7 Å². The number of aromatic amines is 1. The molecule has 10 nitrogen and oxygen atoms in total. The van der Waals surface area contributed by atoms with Crippen LogP contribution in [0.1, 0.15) is 53.1 Å². The van der Waals surface area contributed by atoms with Gasteiger partial charge in [0.2, 0.25) is 5.91 Å². The molecule has 2 unspecified atom stereocenters. The molecular weight excluding hydrogens is 502 g/mol. The molecular formula is C26H30F2N4O6. The molecule has 2 aromatic rings. The van der Waals surface area contributed by atoms with Crippen molar-refractivity contribution in [1.29, 1.82) is 0 Å². The summed E-state index contributed by atoms with van der Waals surface area (Å²) in [5.41, 5.74) is 1.24. The number of H-pyrrole nitrogens is 1. The number of anilines is 1. The summed E-state index contributed by atoms with van der Waals surface area (Å²) in [6.45, 7) is 6.26. The first-order valence-electron chi connectivity index (χ1n) is 11.9. The fourth-order valence-corrected chi connectivity index (χ4v) is 4.53. The highest BCUT2D eigenvalue weighted by Gasteiger charge is 2.31. The number of nitrogens with zero attached hydrogens (tertiary/aromatic N) is 1. The van der Waals surface area contributed by atoms with Crippen LogP contribution in [0, 0.1) is 31.4 Å². The maximum Gasteiger partial charge on any atom is 0.326 e. The van der Waals surface area contributed by atoms with Crippen LogP contribution < -0.4 is 10.6 Å². The monoisotopic (exact) mass is 532 g/mol. The molecule has 204 valence electrons. The van der Waals surface area contributed by atoms with E-state index in [0.717, 1.165) is 11.0 Å². The number of hydrogen-bond donors (Lipinski definition) is 5. The molecule has 1 aromatic carbocycles. The van der Waals surface area contributed by atoms with Gasteiger partial charge in [-0.2, -0.15) is 0 Å². The summed E-state index contributed by atoms with van der Waals surface area (Å²) in [6, 6.07) is 1.12. The van der Waals surface area contributed by atoms with Crippen molar-refractivity contribution < 1.29 is 38.2 Å². The van der Waals surface area contributed by atoms with Crippen molar-refractivity contribution in [2.45, 2.75) is 46.3 Å². The minimum atomic E-state index is -1.27. The van der Waals surface area contributed by atoms with Gasteiger partial charge in [0.1, 0.15) is 6.04 Å². The molecule has 0 spiro atoms. The maximum atomic E-state index is 14.4. The molecule has 1 aliphatic heterocycles. The minimum Gasteiger partial charge on any atom is -0.480 e. The van der Waals surface area contributed by atoms with Crippen molar-refractivity contribution in [2.24, 2.45) is 5.92 Å². The Morgan fingerprint density at radius 3 is 2.45 bits per heavy atom. The Balaban J connectivity index is 1.73. The van der Waals surface area contributed by atoms with Gasteiger partial charge in [0.05, 0.1) is 29.3 Å². The largest absolute Gasteiger partial charge is 0.480 e. The molecule has 3 rings (SSSR count). The van der Waals surface area contributed by atoms with Crippen molar-refractivity contribution in [3.8, 4) is 0 Å². The Morgan fingerprint density at radius 1 is 1.18 bits per heavy atom. The normalized spacial score (nSPS) is 15.3. The predicted molar refractivity (Wildman–Crippen MR) is 135 cm³/mol. The Bertz CT molecular complexity index is 1330. The van der Waals surface area contributed by atoms with Gasteiger partial charge < -0.3 is 30.7 Å². The van der Waals surface area contributed by atoms with E-state index in [1.165, 1.54) is 19.2 Å². The molecule has 12 heteroatoms. The number of likely N-dealkylation sites (N-methyl/N-ethyl adjacent to an activating group) is 1. The lowest BCUT2D eigenvalue weighted by atomic mass is 10.0. The fourth-order valence-electron chi connectivity index (χ4n) is 4.53. The third kappa shape index (κ3) is 5.59. The van der Waals surface area contributed by atoms with Gasteiger partial charge in [0, 0.05) is 30.5 Å². The number of fused-ring (bicyclic) bond motifs is 1. The quantitative estimate of drug-likeness (QED) is 0.313. The van der Waals surface area contributed by atoms with Crippen LogP contribution in [0.3, 0.4) is 0 Å². The molecule has 0 saturated heterocycles. The zero-order valence-electron chi connectivity index (χ0n) is 21.6. The topological polar surface area (TPSA) is 152 Å². The van der Waals surface area contributed by atoms with Gasteiger partial charge >= 0.3 is 5.97 Å². The number of nitrogens with one attached hydrogen (secondary N) is 3. The second kappa shape index (κ2) is 11.1. The average Bonchev–Trinajstić information content (AvgIpc) is 3.29. The molecule has 0 saturated carbocycles. The van der Waals surface area contributed by atoms with Crippen LogP contribution in [0.25, 0.3) is 11.6 Å². The molecule has 2 heterocycles. The number of aliphatic hydroxyl groups excluding tert-OH is 1. The Kier molecular flexibility index (Phi) is 8.35. The zero-order chi connectivity index (χ0) is 28.5. The van der Waals surface area contributed by atoms with Crippen LogP contribution >= 0.6 is 0 Å². The van der Waals surface area contributed by atoms with Crippen LogP contribution in [-0.4, -0.2) is 69.5 Å².